The maximum Gasteiger partial charge on any atom is 0.140 e. The minimum Gasteiger partial charge on any atom is -0.506 e. The monoisotopic (exact) mass is 287 g/mol. The first-order valence-electron chi connectivity index (χ1n) is 4.87. The molecule has 2 N–H and O–H groups in total. The van der Waals surface area contributed by atoms with Crippen molar-refractivity contribution in [1.29, 1.82) is 5.26 Å². The summed E-state index contributed by atoms with van der Waals surface area (Å²) in [4.78, 5) is 0. The molecule has 3 nitrogen and oxygen atoms in total. The Kier molecular flexibility index (Phi) is 3.31. The lowest BCUT2D eigenvalue weighted by molar-refractivity contribution is 0.477. The van der Waals surface area contributed by atoms with Crippen molar-refractivity contribution >= 4 is 27.3 Å². The summed E-state index contributed by atoms with van der Waals surface area (Å²) in [6.07, 6.45) is 0. The number of nitriles is 1. The number of halogens is 1. The van der Waals surface area contributed by atoms with Crippen LogP contribution in [0.15, 0.2) is 40.9 Å². The molecule has 17 heavy (non-hydrogen) atoms. The molecule has 0 aliphatic rings. The number of nitrogens with zero attached hydrogens (tertiary/aromatic N) is 1. The molecule has 0 saturated carbocycles. The normalized spacial score (nSPS) is 9.65. The number of para-hydroxylation sites is 1. The summed E-state index contributed by atoms with van der Waals surface area (Å²) >= 11 is 3.38. The lowest BCUT2D eigenvalue weighted by Crippen LogP contribution is -1.92. The molecule has 0 aliphatic carbocycles. The average Bonchev–Trinajstić information content (AvgIpc) is 2.34. The molecule has 1 radical (unpaired) electrons. The smallest absolute Gasteiger partial charge is 0.140 e. The van der Waals surface area contributed by atoms with Crippen molar-refractivity contribution in [3.63, 3.8) is 0 Å². The molecule has 0 fully saturated rings. The van der Waals surface area contributed by atoms with E-state index in [0.717, 1.165) is 10.2 Å². The Morgan fingerprint density at radius 1 is 1.35 bits per heavy atom. The molecule has 0 heterocycles. The average molecular weight is 288 g/mol. The number of benzene rings is 2. The number of aromatic hydroxyl groups is 1. The van der Waals surface area contributed by atoms with Crippen molar-refractivity contribution in [3.8, 4) is 11.8 Å². The van der Waals surface area contributed by atoms with E-state index in [2.05, 4.69) is 27.3 Å². The molecule has 0 atom stereocenters. The predicted molar refractivity (Wildman–Crippen MR) is 69.1 cm³/mol. The Morgan fingerprint density at radius 3 is 2.82 bits per heavy atom. The van der Waals surface area contributed by atoms with Crippen LogP contribution in [-0.2, 0) is 0 Å². The third-order valence-corrected chi connectivity index (χ3v) is 2.85. The van der Waals surface area contributed by atoms with Crippen molar-refractivity contribution in [2.24, 2.45) is 0 Å². The summed E-state index contributed by atoms with van der Waals surface area (Å²) < 4.78 is 0.851. The van der Waals surface area contributed by atoms with Gasteiger partial charge in [-0.3, -0.25) is 0 Å². The quantitative estimate of drug-likeness (QED) is 0.830. The Morgan fingerprint density at radius 2 is 2.18 bits per heavy atom. The SMILES string of the molecule is N#Cc1ccc(Nc2[c]cccc2Br)c(O)c1. The van der Waals surface area contributed by atoms with Gasteiger partial charge in [-0.25, -0.2) is 0 Å². The molecule has 0 aromatic heterocycles. The van der Waals surface area contributed by atoms with Gasteiger partial charge in [-0.05, 0) is 40.2 Å². The zero-order valence-electron chi connectivity index (χ0n) is 8.74. The first kappa shape index (κ1) is 11.5. The Labute approximate surface area is 107 Å². The molecular formula is C13H8BrN2O. The van der Waals surface area contributed by atoms with E-state index in [0.29, 0.717) is 11.3 Å². The fourth-order valence-electron chi connectivity index (χ4n) is 1.35. The lowest BCUT2D eigenvalue weighted by atomic mass is 10.2. The summed E-state index contributed by atoms with van der Waals surface area (Å²) in [7, 11) is 0. The third kappa shape index (κ3) is 2.58. The third-order valence-electron chi connectivity index (χ3n) is 2.19. The van der Waals surface area contributed by atoms with E-state index in [1.165, 1.54) is 6.07 Å². The summed E-state index contributed by atoms with van der Waals surface area (Å²) in [5, 5.41) is 21.5. The zero-order valence-corrected chi connectivity index (χ0v) is 10.3. The van der Waals surface area contributed by atoms with E-state index in [9.17, 15) is 5.11 Å². The van der Waals surface area contributed by atoms with Crippen LogP contribution >= 0.6 is 15.9 Å². The number of anilines is 2. The summed E-state index contributed by atoms with van der Waals surface area (Å²) in [5.74, 6) is 0.0354. The highest BCUT2D eigenvalue weighted by Gasteiger charge is 2.04. The van der Waals surface area contributed by atoms with Crippen molar-refractivity contribution in [1.82, 2.24) is 0 Å². The van der Waals surface area contributed by atoms with Gasteiger partial charge in [0.2, 0.25) is 0 Å². The van der Waals surface area contributed by atoms with Crippen LogP contribution in [0.1, 0.15) is 5.56 Å². The molecule has 0 aliphatic heterocycles. The maximum absolute atomic E-state index is 9.73. The second-order valence-electron chi connectivity index (χ2n) is 3.36. The minimum absolute atomic E-state index is 0.0354. The van der Waals surface area contributed by atoms with Crippen LogP contribution in [0.25, 0.3) is 0 Å². The van der Waals surface area contributed by atoms with Crippen LogP contribution in [0.5, 0.6) is 5.75 Å². The molecule has 0 amide bonds. The maximum atomic E-state index is 9.73. The predicted octanol–water partition coefficient (Wildman–Crippen LogP) is 3.57. The number of hydrogen-bond donors (Lipinski definition) is 2. The van der Waals surface area contributed by atoms with Gasteiger partial charge in [0.15, 0.2) is 0 Å². The molecule has 0 spiro atoms. The summed E-state index contributed by atoms with van der Waals surface area (Å²) in [5.41, 5.74) is 1.68. The van der Waals surface area contributed by atoms with Crippen LogP contribution in [0, 0.1) is 17.4 Å². The van der Waals surface area contributed by atoms with Gasteiger partial charge in [0, 0.05) is 10.5 Å². The van der Waals surface area contributed by atoms with Gasteiger partial charge in [-0.1, -0.05) is 12.1 Å². The van der Waals surface area contributed by atoms with E-state index in [1.807, 2.05) is 18.2 Å². The largest absolute Gasteiger partial charge is 0.506 e. The van der Waals surface area contributed by atoms with Crippen molar-refractivity contribution < 1.29 is 5.11 Å². The fraction of sp³-hybridized carbons (Fsp3) is 0. The van der Waals surface area contributed by atoms with Crippen molar-refractivity contribution in [2.75, 3.05) is 5.32 Å². The fourth-order valence-corrected chi connectivity index (χ4v) is 1.72. The molecule has 83 valence electrons. The van der Waals surface area contributed by atoms with Gasteiger partial charge in [0.05, 0.1) is 23.0 Å². The number of rotatable bonds is 2. The van der Waals surface area contributed by atoms with Crippen molar-refractivity contribution in [3.05, 3.63) is 52.5 Å². The summed E-state index contributed by atoms with van der Waals surface area (Å²) in [6, 6.07) is 15.2. The van der Waals surface area contributed by atoms with Crippen LogP contribution < -0.4 is 5.32 Å². The van der Waals surface area contributed by atoms with E-state index < -0.39 is 0 Å². The van der Waals surface area contributed by atoms with Gasteiger partial charge >= 0.3 is 0 Å². The Balaban J connectivity index is 2.32. The summed E-state index contributed by atoms with van der Waals surface area (Å²) in [6.45, 7) is 0. The minimum atomic E-state index is 0.0354. The first-order chi connectivity index (χ1) is 8.20. The van der Waals surface area contributed by atoms with Crippen LogP contribution in [0.3, 0.4) is 0 Å². The Bertz CT molecular complexity index is 590. The zero-order chi connectivity index (χ0) is 12.3. The van der Waals surface area contributed by atoms with Crippen LogP contribution in [0.4, 0.5) is 11.4 Å². The second kappa shape index (κ2) is 4.89. The highest BCUT2D eigenvalue weighted by Crippen LogP contribution is 2.30. The Hall–Kier alpha value is -1.99. The van der Waals surface area contributed by atoms with Gasteiger partial charge in [0.1, 0.15) is 5.75 Å². The molecular weight excluding hydrogens is 280 g/mol. The molecule has 0 unspecified atom stereocenters. The van der Waals surface area contributed by atoms with Gasteiger partial charge in [-0.2, -0.15) is 5.26 Å². The van der Waals surface area contributed by atoms with Gasteiger partial charge in [-0.15, -0.1) is 0 Å². The van der Waals surface area contributed by atoms with Crippen LogP contribution in [-0.4, -0.2) is 5.11 Å². The van der Waals surface area contributed by atoms with Crippen molar-refractivity contribution in [2.45, 2.75) is 0 Å². The number of phenols is 1. The molecule has 2 aromatic rings. The molecule has 0 saturated heterocycles. The number of hydrogen-bond acceptors (Lipinski definition) is 3. The molecule has 0 bridgehead atoms. The standard InChI is InChI=1S/C13H8BrN2O/c14-10-3-1-2-4-11(10)16-12-6-5-9(8-15)7-13(12)17/h1-3,5-7,16-17H. The van der Waals surface area contributed by atoms with E-state index in [1.54, 1.807) is 18.2 Å². The number of nitrogens with one attached hydrogen (secondary N) is 1. The molecule has 2 rings (SSSR count). The molecule has 4 heteroatoms. The number of phenolic OH excluding ortho intramolecular Hbond substituents is 1. The molecule has 2 aromatic carbocycles. The van der Waals surface area contributed by atoms with Gasteiger partial charge in [0.25, 0.3) is 0 Å². The van der Waals surface area contributed by atoms with E-state index >= 15 is 0 Å². The van der Waals surface area contributed by atoms with E-state index in [-0.39, 0.29) is 5.75 Å². The van der Waals surface area contributed by atoms with Crippen LogP contribution in [0.2, 0.25) is 0 Å². The van der Waals surface area contributed by atoms with E-state index in [4.69, 9.17) is 5.26 Å². The topological polar surface area (TPSA) is 56.0 Å². The van der Waals surface area contributed by atoms with Gasteiger partial charge < -0.3 is 10.4 Å². The first-order valence-corrected chi connectivity index (χ1v) is 5.66. The highest BCUT2D eigenvalue weighted by atomic mass is 79.9. The lowest BCUT2D eigenvalue weighted by Gasteiger charge is -2.09. The highest BCUT2D eigenvalue weighted by molar-refractivity contribution is 9.10. The second-order valence-corrected chi connectivity index (χ2v) is 4.22.